The van der Waals surface area contributed by atoms with Crippen LogP contribution in [-0.2, 0) is 0 Å². The predicted octanol–water partition coefficient (Wildman–Crippen LogP) is 2.63. The van der Waals surface area contributed by atoms with Gasteiger partial charge in [0.2, 0.25) is 5.95 Å². The van der Waals surface area contributed by atoms with Crippen LogP contribution in [0.2, 0.25) is 0 Å². The van der Waals surface area contributed by atoms with Crippen molar-refractivity contribution in [1.82, 2.24) is 15.0 Å². The molecule has 2 aromatic heterocycles. The molecule has 3 rings (SSSR count). The maximum Gasteiger partial charge on any atom is 0.223 e. The second kappa shape index (κ2) is 5.75. The number of halogens is 1. The molecule has 0 saturated carbocycles. The first-order chi connectivity index (χ1) is 9.72. The molecule has 104 valence electrons. The second-order valence-corrected chi connectivity index (χ2v) is 5.76. The number of hydrogen-bond acceptors (Lipinski definition) is 5. The molecule has 0 aliphatic carbocycles. The van der Waals surface area contributed by atoms with E-state index >= 15 is 0 Å². The summed E-state index contributed by atoms with van der Waals surface area (Å²) < 4.78 is 1.03. The summed E-state index contributed by atoms with van der Waals surface area (Å²) in [6.07, 6.45) is 4.66. The Labute approximate surface area is 126 Å². The number of hydrogen-bond donors (Lipinski definition) is 1. The first kappa shape index (κ1) is 13.3. The molecule has 2 aromatic rings. The molecule has 1 N–H and O–H groups in total. The summed E-state index contributed by atoms with van der Waals surface area (Å²) >= 11 is 3.55. The molecule has 0 amide bonds. The number of rotatable bonds is 3. The van der Waals surface area contributed by atoms with Gasteiger partial charge < -0.3 is 10.2 Å². The van der Waals surface area contributed by atoms with Gasteiger partial charge in [0.05, 0.1) is 4.47 Å². The molecule has 0 radical (unpaired) electrons. The van der Waals surface area contributed by atoms with E-state index in [9.17, 15) is 0 Å². The molecule has 1 unspecified atom stereocenters. The third kappa shape index (κ3) is 2.90. The minimum absolute atomic E-state index is 0.353. The molecule has 20 heavy (non-hydrogen) atoms. The Bertz CT molecular complexity index is 604. The highest BCUT2D eigenvalue weighted by molar-refractivity contribution is 9.10. The molecule has 5 nitrogen and oxygen atoms in total. The summed E-state index contributed by atoms with van der Waals surface area (Å²) in [4.78, 5) is 15.4. The van der Waals surface area contributed by atoms with Gasteiger partial charge in [0.1, 0.15) is 5.82 Å². The fourth-order valence-corrected chi connectivity index (χ4v) is 2.89. The lowest BCUT2D eigenvalue weighted by Gasteiger charge is -2.19. The first-order valence-electron chi connectivity index (χ1n) is 6.64. The number of pyridine rings is 1. The van der Waals surface area contributed by atoms with E-state index in [1.165, 1.54) is 0 Å². The molecular formula is C14H16BrN5. The van der Waals surface area contributed by atoms with Crippen LogP contribution in [-0.4, -0.2) is 34.1 Å². The summed E-state index contributed by atoms with van der Waals surface area (Å²) in [5, 5.41) is 3.39. The third-order valence-electron chi connectivity index (χ3n) is 3.35. The zero-order valence-corrected chi connectivity index (χ0v) is 12.8. The molecule has 1 aliphatic heterocycles. The largest absolute Gasteiger partial charge is 0.354 e. The SMILES string of the molecule is Cc1ccnc(NC2CCN(c3ncccc3Br)C2)n1. The molecule has 1 fully saturated rings. The first-order valence-corrected chi connectivity index (χ1v) is 7.43. The van der Waals surface area contributed by atoms with Crippen LogP contribution in [0.5, 0.6) is 0 Å². The van der Waals surface area contributed by atoms with Gasteiger partial charge in [-0.05, 0) is 47.5 Å². The van der Waals surface area contributed by atoms with Crippen LogP contribution in [0.25, 0.3) is 0 Å². The van der Waals surface area contributed by atoms with Gasteiger partial charge in [0.25, 0.3) is 0 Å². The zero-order valence-electron chi connectivity index (χ0n) is 11.3. The standard InChI is InChI=1S/C14H16BrN5/c1-10-4-7-17-14(18-10)19-11-5-8-20(9-11)13-12(15)3-2-6-16-13/h2-4,6-7,11H,5,8-9H2,1H3,(H,17,18,19). The topological polar surface area (TPSA) is 53.9 Å². The van der Waals surface area contributed by atoms with Gasteiger partial charge in [0, 0.05) is 37.2 Å². The Balaban J connectivity index is 1.67. The van der Waals surface area contributed by atoms with Gasteiger partial charge in [-0.15, -0.1) is 0 Å². The number of anilines is 2. The molecule has 1 aliphatic rings. The third-order valence-corrected chi connectivity index (χ3v) is 3.97. The average Bonchev–Trinajstić information content (AvgIpc) is 2.87. The van der Waals surface area contributed by atoms with Crippen molar-refractivity contribution in [3.8, 4) is 0 Å². The van der Waals surface area contributed by atoms with E-state index in [1.54, 1.807) is 6.20 Å². The van der Waals surface area contributed by atoms with Gasteiger partial charge >= 0.3 is 0 Å². The summed E-state index contributed by atoms with van der Waals surface area (Å²) in [5.41, 5.74) is 0.977. The maximum atomic E-state index is 4.44. The van der Waals surface area contributed by atoms with Crippen molar-refractivity contribution >= 4 is 27.7 Å². The van der Waals surface area contributed by atoms with E-state index < -0.39 is 0 Å². The van der Waals surface area contributed by atoms with E-state index in [4.69, 9.17) is 0 Å². The van der Waals surface area contributed by atoms with Crippen molar-refractivity contribution < 1.29 is 0 Å². The lowest BCUT2D eigenvalue weighted by atomic mass is 10.3. The van der Waals surface area contributed by atoms with Crippen LogP contribution in [0.15, 0.2) is 35.1 Å². The van der Waals surface area contributed by atoms with E-state index in [0.29, 0.717) is 12.0 Å². The summed E-state index contributed by atoms with van der Waals surface area (Å²) in [7, 11) is 0. The van der Waals surface area contributed by atoms with Crippen LogP contribution in [0.1, 0.15) is 12.1 Å². The number of nitrogens with one attached hydrogen (secondary N) is 1. The maximum absolute atomic E-state index is 4.44. The van der Waals surface area contributed by atoms with E-state index in [2.05, 4.69) is 41.1 Å². The Morgan fingerprint density at radius 3 is 3.00 bits per heavy atom. The summed E-state index contributed by atoms with van der Waals surface area (Å²) in [6.45, 7) is 3.87. The highest BCUT2D eigenvalue weighted by atomic mass is 79.9. The van der Waals surface area contributed by atoms with E-state index in [-0.39, 0.29) is 0 Å². The Morgan fingerprint density at radius 2 is 2.20 bits per heavy atom. The summed E-state index contributed by atoms with van der Waals surface area (Å²) in [5.74, 6) is 1.71. The number of aryl methyl sites for hydroxylation is 1. The monoisotopic (exact) mass is 333 g/mol. The van der Waals surface area contributed by atoms with Crippen LogP contribution in [0.4, 0.5) is 11.8 Å². The van der Waals surface area contributed by atoms with Crippen molar-refractivity contribution in [2.24, 2.45) is 0 Å². The van der Waals surface area contributed by atoms with Crippen LogP contribution in [0, 0.1) is 6.92 Å². The van der Waals surface area contributed by atoms with Gasteiger partial charge in [-0.3, -0.25) is 0 Å². The van der Waals surface area contributed by atoms with Crippen LogP contribution in [0.3, 0.4) is 0 Å². The Morgan fingerprint density at radius 1 is 1.30 bits per heavy atom. The van der Waals surface area contributed by atoms with Crippen molar-refractivity contribution in [3.63, 3.8) is 0 Å². The Kier molecular flexibility index (Phi) is 3.82. The highest BCUT2D eigenvalue weighted by Crippen LogP contribution is 2.26. The fraction of sp³-hybridized carbons (Fsp3) is 0.357. The molecule has 0 bridgehead atoms. The van der Waals surface area contributed by atoms with Gasteiger partial charge in [-0.25, -0.2) is 15.0 Å². The second-order valence-electron chi connectivity index (χ2n) is 4.91. The minimum Gasteiger partial charge on any atom is -0.354 e. The molecule has 6 heteroatoms. The van der Waals surface area contributed by atoms with Gasteiger partial charge in [-0.2, -0.15) is 0 Å². The zero-order chi connectivity index (χ0) is 13.9. The molecule has 3 heterocycles. The lowest BCUT2D eigenvalue weighted by molar-refractivity contribution is 0.789. The van der Waals surface area contributed by atoms with Crippen molar-refractivity contribution in [3.05, 3.63) is 40.8 Å². The number of nitrogens with zero attached hydrogens (tertiary/aromatic N) is 4. The lowest BCUT2D eigenvalue weighted by Crippen LogP contribution is -2.27. The predicted molar refractivity (Wildman–Crippen MR) is 82.9 cm³/mol. The van der Waals surface area contributed by atoms with Gasteiger partial charge in [-0.1, -0.05) is 0 Å². The molecular weight excluding hydrogens is 318 g/mol. The fourth-order valence-electron chi connectivity index (χ4n) is 2.38. The Hall–Kier alpha value is -1.69. The molecule has 0 spiro atoms. The number of aromatic nitrogens is 3. The van der Waals surface area contributed by atoms with E-state index in [1.807, 2.05) is 31.3 Å². The molecule has 1 saturated heterocycles. The van der Waals surface area contributed by atoms with Crippen molar-refractivity contribution in [2.45, 2.75) is 19.4 Å². The smallest absolute Gasteiger partial charge is 0.223 e. The van der Waals surface area contributed by atoms with E-state index in [0.717, 1.165) is 35.5 Å². The van der Waals surface area contributed by atoms with Crippen molar-refractivity contribution in [2.75, 3.05) is 23.3 Å². The summed E-state index contributed by atoms with van der Waals surface area (Å²) in [6, 6.07) is 6.20. The van der Waals surface area contributed by atoms with Gasteiger partial charge in [0.15, 0.2) is 0 Å². The average molecular weight is 334 g/mol. The normalized spacial score (nSPS) is 18.3. The van der Waals surface area contributed by atoms with Crippen LogP contribution >= 0.6 is 15.9 Å². The highest BCUT2D eigenvalue weighted by Gasteiger charge is 2.25. The van der Waals surface area contributed by atoms with Crippen molar-refractivity contribution in [1.29, 1.82) is 0 Å². The minimum atomic E-state index is 0.353. The van der Waals surface area contributed by atoms with Crippen LogP contribution < -0.4 is 10.2 Å². The molecule has 0 aromatic carbocycles. The quantitative estimate of drug-likeness (QED) is 0.935. The molecule has 1 atom stereocenters.